The summed E-state index contributed by atoms with van der Waals surface area (Å²) in [6, 6.07) is 11.0. The lowest BCUT2D eigenvalue weighted by Gasteiger charge is -2.24. The summed E-state index contributed by atoms with van der Waals surface area (Å²) in [6.45, 7) is 0. The molecule has 1 unspecified atom stereocenters. The predicted octanol–water partition coefficient (Wildman–Crippen LogP) is 2.34. The van der Waals surface area contributed by atoms with Gasteiger partial charge in [-0.1, -0.05) is 46.0 Å². The van der Waals surface area contributed by atoms with Crippen LogP contribution in [0, 0.1) is 0 Å². The number of halogens is 2. The highest BCUT2D eigenvalue weighted by Crippen LogP contribution is 2.36. The van der Waals surface area contributed by atoms with Crippen LogP contribution in [0.25, 0.3) is 0 Å². The van der Waals surface area contributed by atoms with Gasteiger partial charge in [-0.2, -0.15) is 0 Å². The van der Waals surface area contributed by atoms with Crippen molar-refractivity contribution in [2.75, 3.05) is 7.05 Å². The van der Waals surface area contributed by atoms with Gasteiger partial charge in [0.25, 0.3) is 0 Å². The molecule has 1 heterocycles. The van der Waals surface area contributed by atoms with Gasteiger partial charge in [0.1, 0.15) is 7.05 Å². The molecule has 0 saturated heterocycles. The molecule has 6 nitrogen and oxygen atoms in total. The zero-order valence-corrected chi connectivity index (χ0v) is 14.0. The van der Waals surface area contributed by atoms with Gasteiger partial charge in [0, 0.05) is 21.7 Å². The predicted molar refractivity (Wildman–Crippen MR) is 90.2 cm³/mol. The van der Waals surface area contributed by atoms with Crippen molar-refractivity contribution in [1.29, 1.82) is 0 Å². The zero-order chi connectivity index (χ0) is 17.7. The van der Waals surface area contributed by atoms with Gasteiger partial charge in [0.2, 0.25) is 0 Å². The molecule has 1 amide bonds. The maximum Gasteiger partial charge on any atom is 0.435 e. The molecule has 1 atom stereocenters. The summed E-state index contributed by atoms with van der Waals surface area (Å²) in [5, 5.41) is 31.3. The summed E-state index contributed by atoms with van der Waals surface area (Å²) in [4.78, 5) is 16.1. The number of carbonyl (C=O) groups excluding carboxylic acids is 1. The van der Waals surface area contributed by atoms with E-state index >= 15 is 0 Å². The van der Waals surface area contributed by atoms with Gasteiger partial charge >= 0.3 is 11.8 Å². The third-order valence-corrected chi connectivity index (χ3v) is 4.33. The molecule has 0 bridgehead atoms. The number of amides is 1. The number of nitrogens with zero attached hydrogens (tertiary/aromatic N) is 2. The Morgan fingerprint density at radius 2 is 1.75 bits per heavy atom. The average Bonchev–Trinajstić information content (AvgIpc) is 2.56. The number of hydrogen-bond acceptors (Lipinski definition) is 5. The van der Waals surface area contributed by atoms with Gasteiger partial charge in [-0.3, -0.25) is 0 Å². The standard InChI is InChI=1S/C16H13Cl2N2O4/c1-20(24)13-7-6-9(17)8-11(13)14(19-16(22,23)15(20)21)10-4-2-3-5-12(10)18/h2-8,22-24H,1H3/q+1. The summed E-state index contributed by atoms with van der Waals surface area (Å²) in [6.07, 6.45) is 0. The molecule has 0 radical (unpaired) electrons. The number of aliphatic hydroxyl groups is 2. The molecule has 0 fully saturated rings. The first-order chi connectivity index (χ1) is 11.1. The van der Waals surface area contributed by atoms with Crippen molar-refractivity contribution in [3.05, 3.63) is 63.6 Å². The number of aliphatic imine (C=N–C) groups is 1. The number of carbonyl (C=O) groups is 1. The second kappa shape index (κ2) is 5.63. The highest BCUT2D eigenvalue weighted by atomic mass is 35.5. The van der Waals surface area contributed by atoms with Crippen LogP contribution >= 0.6 is 23.2 Å². The van der Waals surface area contributed by atoms with E-state index in [1.807, 2.05) is 0 Å². The fourth-order valence-electron chi connectivity index (χ4n) is 2.60. The molecule has 0 aliphatic carbocycles. The number of rotatable bonds is 1. The monoisotopic (exact) mass is 367 g/mol. The van der Waals surface area contributed by atoms with E-state index in [9.17, 15) is 20.2 Å². The molecule has 24 heavy (non-hydrogen) atoms. The Bertz CT molecular complexity index is 878. The van der Waals surface area contributed by atoms with E-state index in [1.165, 1.54) is 18.2 Å². The topological polar surface area (TPSA) is 90.1 Å². The highest BCUT2D eigenvalue weighted by Gasteiger charge is 2.53. The third kappa shape index (κ3) is 2.63. The van der Waals surface area contributed by atoms with Crippen LogP contribution < -0.4 is 4.65 Å². The molecule has 1 aliphatic rings. The molecule has 0 spiro atoms. The fraction of sp³-hybridized carbons (Fsp3) is 0.125. The quantitative estimate of drug-likeness (QED) is 0.410. The zero-order valence-electron chi connectivity index (χ0n) is 12.4. The Hall–Kier alpha value is -1.80. The lowest BCUT2D eigenvalue weighted by atomic mass is 10.00. The first-order valence-corrected chi connectivity index (χ1v) is 7.64. The van der Waals surface area contributed by atoms with Crippen LogP contribution in [0.5, 0.6) is 0 Å². The Labute approximate surface area is 147 Å². The number of hydrogen-bond donors (Lipinski definition) is 3. The Balaban J connectivity index is 2.41. The van der Waals surface area contributed by atoms with Crippen LogP contribution in [0.15, 0.2) is 47.5 Å². The van der Waals surface area contributed by atoms with Gasteiger partial charge < -0.3 is 10.2 Å². The number of benzodiazepines with no additional fused rings is 1. The second-order valence-corrected chi connectivity index (χ2v) is 6.34. The molecule has 2 aromatic rings. The molecule has 2 aromatic carbocycles. The van der Waals surface area contributed by atoms with E-state index in [0.29, 0.717) is 15.6 Å². The van der Waals surface area contributed by atoms with Crippen molar-refractivity contribution in [3.8, 4) is 0 Å². The lowest BCUT2D eigenvalue weighted by Crippen LogP contribution is -2.57. The van der Waals surface area contributed by atoms with Crippen LogP contribution in [0.4, 0.5) is 5.69 Å². The molecular formula is C16H13Cl2N2O4+. The van der Waals surface area contributed by atoms with Crippen molar-refractivity contribution >= 4 is 40.5 Å². The first kappa shape index (κ1) is 17.0. The van der Waals surface area contributed by atoms with Gasteiger partial charge in [0.05, 0.1) is 11.3 Å². The van der Waals surface area contributed by atoms with E-state index in [0.717, 1.165) is 7.05 Å². The van der Waals surface area contributed by atoms with Crippen molar-refractivity contribution in [3.63, 3.8) is 0 Å². The Morgan fingerprint density at radius 3 is 2.42 bits per heavy atom. The van der Waals surface area contributed by atoms with Crippen LogP contribution in [0.1, 0.15) is 11.1 Å². The van der Waals surface area contributed by atoms with Crippen LogP contribution in [0.2, 0.25) is 10.0 Å². The third-order valence-electron chi connectivity index (χ3n) is 3.76. The first-order valence-electron chi connectivity index (χ1n) is 6.89. The van der Waals surface area contributed by atoms with Crippen molar-refractivity contribution in [2.45, 2.75) is 5.91 Å². The van der Waals surface area contributed by atoms with E-state index in [4.69, 9.17) is 23.2 Å². The van der Waals surface area contributed by atoms with Crippen LogP contribution in [-0.4, -0.2) is 40.0 Å². The molecule has 1 aliphatic heterocycles. The maximum absolute atomic E-state index is 12.3. The summed E-state index contributed by atoms with van der Waals surface area (Å²) in [5.74, 6) is -4.46. The average molecular weight is 368 g/mol. The molecule has 3 N–H and O–H groups in total. The van der Waals surface area contributed by atoms with Crippen molar-refractivity contribution < 1.29 is 20.2 Å². The molecular weight excluding hydrogens is 355 g/mol. The van der Waals surface area contributed by atoms with Crippen molar-refractivity contribution in [2.24, 2.45) is 4.99 Å². The minimum absolute atomic E-state index is 0.0346. The maximum atomic E-state index is 12.3. The summed E-state index contributed by atoms with van der Waals surface area (Å²) >= 11 is 12.2. The van der Waals surface area contributed by atoms with Crippen LogP contribution in [-0.2, 0) is 4.79 Å². The Morgan fingerprint density at radius 1 is 1.08 bits per heavy atom. The Kier molecular flexibility index (Phi) is 4.00. The second-order valence-electron chi connectivity index (χ2n) is 5.50. The minimum Gasteiger partial charge on any atom is -0.336 e. The number of fused-ring (bicyclic) bond motifs is 1. The summed E-state index contributed by atoms with van der Waals surface area (Å²) in [5.41, 5.74) is 0.754. The number of hydroxylamine groups is 2. The highest BCUT2D eigenvalue weighted by molar-refractivity contribution is 6.36. The van der Waals surface area contributed by atoms with E-state index in [1.54, 1.807) is 24.3 Å². The van der Waals surface area contributed by atoms with Gasteiger partial charge in [0.15, 0.2) is 5.69 Å². The van der Waals surface area contributed by atoms with Gasteiger partial charge in [-0.05, 0) is 18.2 Å². The van der Waals surface area contributed by atoms with E-state index in [-0.39, 0.29) is 17.0 Å². The normalized spacial score (nSPS) is 22.6. The smallest absolute Gasteiger partial charge is 0.336 e. The summed E-state index contributed by atoms with van der Waals surface area (Å²) in [7, 11) is 1.11. The van der Waals surface area contributed by atoms with E-state index < -0.39 is 16.5 Å². The van der Waals surface area contributed by atoms with Crippen molar-refractivity contribution in [1.82, 2.24) is 4.65 Å². The molecule has 0 aromatic heterocycles. The molecule has 8 heteroatoms. The van der Waals surface area contributed by atoms with E-state index in [2.05, 4.69) is 4.99 Å². The summed E-state index contributed by atoms with van der Waals surface area (Å²) < 4.78 is -1.41. The van der Waals surface area contributed by atoms with Crippen LogP contribution in [0.3, 0.4) is 0 Å². The lowest BCUT2D eigenvalue weighted by molar-refractivity contribution is -0.213. The fourth-order valence-corrected chi connectivity index (χ4v) is 3.00. The molecule has 124 valence electrons. The molecule has 3 rings (SSSR count). The van der Waals surface area contributed by atoms with Gasteiger partial charge in [-0.25, -0.2) is 15.0 Å². The molecule has 0 saturated carbocycles. The minimum atomic E-state index is -3.14. The SMILES string of the molecule is C[N+]1(O)C(=O)C(O)(O)N=C(c2ccccc2Cl)c2cc(Cl)ccc21. The number of likely N-dealkylation sites (N-methyl/N-ethyl adjacent to an activating group) is 1. The largest absolute Gasteiger partial charge is 0.435 e. The number of quaternary nitrogens is 1. The van der Waals surface area contributed by atoms with Gasteiger partial charge in [-0.15, -0.1) is 0 Å². The number of benzene rings is 2.